The second-order valence-corrected chi connectivity index (χ2v) is 10.1. The molecular weight excluding hydrogens is 378 g/mol. The van der Waals surface area contributed by atoms with E-state index in [0.717, 1.165) is 25.2 Å². The van der Waals surface area contributed by atoms with Crippen molar-refractivity contribution in [3.8, 4) is 0 Å². The molecule has 0 aliphatic rings. The Labute approximate surface area is 186 Å². The molecule has 0 fully saturated rings. The maximum absolute atomic E-state index is 12.0. The minimum absolute atomic E-state index is 0.237. The number of carboxylic acid groups (broad SMARTS) is 1. The number of aliphatic carboxylic acids is 1. The average molecular weight is 428 g/mol. The van der Waals surface area contributed by atoms with Crippen LogP contribution in [0.15, 0.2) is 0 Å². The average Bonchev–Trinajstić information content (AvgIpc) is 2.62. The molecule has 30 heavy (non-hydrogen) atoms. The number of ether oxygens (including phenoxy) is 1. The molecule has 0 aliphatic heterocycles. The smallest absolute Gasteiger partial charge is 0.306 e. The number of nitrogens with zero attached hydrogens (tertiary/aromatic N) is 1. The van der Waals surface area contributed by atoms with Gasteiger partial charge < -0.3 is 19.1 Å². The van der Waals surface area contributed by atoms with Gasteiger partial charge in [0.15, 0.2) is 6.10 Å². The fraction of sp³-hybridized carbons (Fsp3) is 0.920. The first-order chi connectivity index (χ1) is 14.1. The highest BCUT2D eigenvalue weighted by Crippen LogP contribution is 2.17. The Kier molecular flexibility index (Phi) is 16.9. The number of quaternary nitrogens is 1. The van der Waals surface area contributed by atoms with Gasteiger partial charge in [0.1, 0.15) is 6.54 Å². The first-order valence-corrected chi connectivity index (χ1v) is 12.3. The first-order valence-electron chi connectivity index (χ1n) is 12.3. The predicted octanol–water partition coefficient (Wildman–Crippen LogP) is 4.86. The van der Waals surface area contributed by atoms with Crippen molar-refractivity contribution < 1.29 is 23.9 Å². The van der Waals surface area contributed by atoms with E-state index in [2.05, 4.69) is 13.8 Å². The van der Waals surface area contributed by atoms with Crippen molar-refractivity contribution in [1.29, 1.82) is 0 Å². The van der Waals surface area contributed by atoms with Gasteiger partial charge in [-0.3, -0.25) is 4.79 Å². The Morgan fingerprint density at radius 2 is 1.33 bits per heavy atom. The summed E-state index contributed by atoms with van der Waals surface area (Å²) in [5.74, 6) is -0.574. The van der Waals surface area contributed by atoms with Crippen molar-refractivity contribution in [3.63, 3.8) is 0 Å². The predicted molar refractivity (Wildman–Crippen MR) is 122 cm³/mol. The SMILES string of the molecule is CCCCC(C)CCCCCCCCCCCC(=O)OC(CC(=O)[O-])C[N+](C)(C)C. The third-order valence-electron chi connectivity index (χ3n) is 5.57. The zero-order valence-electron chi connectivity index (χ0n) is 20.5. The number of carbonyl (C=O) groups excluding carboxylic acids is 2. The van der Waals surface area contributed by atoms with Gasteiger partial charge in [0.05, 0.1) is 21.1 Å². The van der Waals surface area contributed by atoms with Crippen LogP contribution in [0.25, 0.3) is 0 Å². The van der Waals surface area contributed by atoms with Gasteiger partial charge in [0.2, 0.25) is 0 Å². The van der Waals surface area contributed by atoms with E-state index in [4.69, 9.17) is 4.74 Å². The summed E-state index contributed by atoms with van der Waals surface area (Å²) < 4.78 is 5.93. The third kappa shape index (κ3) is 20.2. The van der Waals surface area contributed by atoms with Gasteiger partial charge in [0.25, 0.3) is 0 Å². The molecule has 0 heterocycles. The molecule has 0 aromatic carbocycles. The van der Waals surface area contributed by atoms with E-state index in [1.807, 2.05) is 21.1 Å². The van der Waals surface area contributed by atoms with E-state index >= 15 is 0 Å². The van der Waals surface area contributed by atoms with Crippen LogP contribution >= 0.6 is 0 Å². The van der Waals surface area contributed by atoms with Crippen molar-refractivity contribution in [1.82, 2.24) is 0 Å². The first kappa shape index (κ1) is 28.9. The zero-order valence-corrected chi connectivity index (χ0v) is 20.5. The number of hydrogen-bond donors (Lipinski definition) is 0. The summed E-state index contributed by atoms with van der Waals surface area (Å²) in [5.41, 5.74) is 0. The fourth-order valence-electron chi connectivity index (χ4n) is 3.88. The van der Waals surface area contributed by atoms with Gasteiger partial charge in [-0.2, -0.15) is 0 Å². The molecule has 0 radical (unpaired) electrons. The standard InChI is InChI=1S/C25H49NO4/c1-6-7-17-22(2)18-15-13-11-9-8-10-12-14-16-19-25(29)30-23(20-24(27)28)21-26(3,4)5/h22-23H,6-21H2,1-5H3. The van der Waals surface area contributed by atoms with Crippen molar-refractivity contribution in [2.75, 3.05) is 27.7 Å². The van der Waals surface area contributed by atoms with Crippen LogP contribution in [0.2, 0.25) is 0 Å². The van der Waals surface area contributed by atoms with Crippen LogP contribution in [0.5, 0.6) is 0 Å². The summed E-state index contributed by atoms with van der Waals surface area (Å²) in [6, 6.07) is 0. The lowest BCUT2D eigenvalue weighted by Gasteiger charge is -2.29. The lowest BCUT2D eigenvalue weighted by atomic mass is 9.97. The van der Waals surface area contributed by atoms with E-state index in [0.29, 0.717) is 17.4 Å². The molecule has 2 atom stereocenters. The maximum Gasteiger partial charge on any atom is 0.306 e. The number of likely N-dealkylation sites (N-methyl/N-ethyl adjacent to an activating group) is 1. The van der Waals surface area contributed by atoms with Gasteiger partial charge >= 0.3 is 5.97 Å². The lowest BCUT2D eigenvalue weighted by Crippen LogP contribution is -2.45. The molecule has 5 heteroatoms. The van der Waals surface area contributed by atoms with Crippen LogP contribution in [-0.2, 0) is 14.3 Å². The molecule has 0 rings (SSSR count). The molecule has 0 saturated carbocycles. The molecule has 0 N–H and O–H groups in total. The van der Waals surface area contributed by atoms with E-state index < -0.39 is 12.1 Å². The van der Waals surface area contributed by atoms with Crippen molar-refractivity contribution >= 4 is 11.9 Å². The molecule has 0 amide bonds. The second kappa shape index (κ2) is 17.6. The summed E-state index contributed by atoms with van der Waals surface area (Å²) in [6.45, 7) is 5.12. The normalized spacial score (nSPS) is 13.8. The monoisotopic (exact) mass is 427 g/mol. The van der Waals surface area contributed by atoms with Crippen LogP contribution in [0.1, 0.15) is 110 Å². The lowest BCUT2D eigenvalue weighted by molar-refractivity contribution is -0.873. The molecule has 0 bridgehead atoms. The van der Waals surface area contributed by atoms with Crippen LogP contribution in [0.4, 0.5) is 0 Å². The van der Waals surface area contributed by atoms with E-state index in [9.17, 15) is 14.7 Å². The van der Waals surface area contributed by atoms with Crippen LogP contribution in [-0.4, -0.2) is 50.2 Å². The van der Waals surface area contributed by atoms with Crippen LogP contribution in [0, 0.1) is 5.92 Å². The molecule has 2 unspecified atom stereocenters. The molecule has 0 aromatic rings. The molecule has 5 nitrogen and oxygen atoms in total. The van der Waals surface area contributed by atoms with Crippen LogP contribution in [0.3, 0.4) is 0 Å². The van der Waals surface area contributed by atoms with Gasteiger partial charge in [-0.15, -0.1) is 0 Å². The van der Waals surface area contributed by atoms with Gasteiger partial charge in [-0.25, -0.2) is 0 Å². The third-order valence-corrected chi connectivity index (χ3v) is 5.57. The van der Waals surface area contributed by atoms with E-state index in [1.54, 1.807) is 0 Å². The highest BCUT2D eigenvalue weighted by atomic mass is 16.5. The Balaban J connectivity index is 3.64. The van der Waals surface area contributed by atoms with Gasteiger partial charge in [0, 0.05) is 18.8 Å². The minimum Gasteiger partial charge on any atom is -0.550 e. The Morgan fingerprint density at radius 1 is 0.833 bits per heavy atom. The Morgan fingerprint density at radius 3 is 1.83 bits per heavy atom. The zero-order chi connectivity index (χ0) is 22.8. The van der Waals surface area contributed by atoms with E-state index in [1.165, 1.54) is 64.2 Å². The Bertz CT molecular complexity index is 445. The summed E-state index contributed by atoms with van der Waals surface area (Å²) in [4.78, 5) is 22.9. The minimum atomic E-state index is -1.17. The van der Waals surface area contributed by atoms with Gasteiger partial charge in [-0.1, -0.05) is 90.9 Å². The highest BCUT2D eigenvalue weighted by molar-refractivity contribution is 5.70. The quantitative estimate of drug-likeness (QED) is 0.158. The van der Waals surface area contributed by atoms with Gasteiger partial charge in [-0.05, 0) is 12.3 Å². The maximum atomic E-state index is 12.0. The number of carboxylic acids is 1. The number of rotatable bonds is 20. The van der Waals surface area contributed by atoms with Crippen molar-refractivity contribution in [3.05, 3.63) is 0 Å². The van der Waals surface area contributed by atoms with Crippen molar-refractivity contribution in [2.45, 2.75) is 116 Å². The molecular formula is C25H49NO4. The fourth-order valence-corrected chi connectivity index (χ4v) is 3.88. The molecule has 0 spiro atoms. The molecule has 178 valence electrons. The summed E-state index contributed by atoms with van der Waals surface area (Å²) in [6.07, 6.45) is 15.9. The summed E-state index contributed by atoms with van der Waals surface area (Å²) in [5, 5.41) is 10.9. The summed E-state index contributed by atoms with van der Waals surface area (Å²) >= 11 is 0. The number of unbranched alkanes of at least 4 members (excludes halogenated alkanes) is 9. The molecule has 0 saturated heterocycles. The summed E-state index contributed by atoms with van der Waals surface area (Å²) in [7, 11) is 5.85. The Hall–Kier alpha value is -1.10. The van der Waals surface area contributed by atoms with Crippen molar-refractivity contribution in [2.24, 2.45) is 5.92 Å². The highest BCUT2D eigenvalue weighted by Gasteiger charge is 2.22. The number of carbonyl (C=O) groups is 2. The largest absolute Gasteiger partial charge is 0.550 e. The molecule has 0 aliphatic carbocycles. The second-order valence-electron chi connectivity index (χ2n) is 10.1. The number of hydrogen-bond acceptors (Lipinski definition) is 4. The van der Waals surface area contributed by atoms with E-state index in [-0.39, 0.29) is 12.4 Å². The topological polar surface area (TPSA) is 66.4 Å². The molecule has 0 aromatic heterocycles. The van der Waals surface area contributed by atoms with Crippen LogP contribution < -0.4 is 5.11 Å². The number of esters is 1.